The molecular weight excluding hydrogens is 260 g/mol. The van der Waals surface area contributed by atoms with E-state index >= 15 is 0 Å². The summed E-state index contributed by atoms with van der Waals surface area (Å²) >= 11 is 4.20. The molecule has 4 N–H and O–H groups in total. The second kappa shape index (κ2) is 7.74. The van der Waals surface area contributed by atoms with Gasteiger partial charge in [0.1, 0.15) is 11.6 Å². The Morgan fingerprint density at radius 2 is 2.00 bits per heavy atom. The Balaban J connectivity index is 0.000000224. The maximum Gasteiger partial charge on any atom is 0.119 e. The summed E-state index contributed by atoms with van der Waals surface area (Å²) in [6.45, 7) is 1.46. The van der Waals surface area contributed by atoms with Crippen molar-refractivity contribution >= 4 is 18.5 Å². The number of benzene rings is 1. The highest BCUT2D eigenvalue weighted by atomic mass is 32.1. The van der Waals surface area contributed by atoms with E-state index in [1.807, 2.05) is 24.3 Å². The Hall–Kier alpha value is -1.62. The van der Waals surface area contributed by atoms with E-state index in [0.29, 0.717) is 6.10 Å². The van der Waals surface area contributed by atoms with Crippen molar-refractivity contribution in [3.8, 4) is 5.75 Å². The Morgan fingerprint density at radius 3 is 2.32 bits per heavy atom. The highest BCUT2D eigenvalue weighted by molar-refractivity contribution is 7.80. The predicted octanol–water partition coefficient (Wildman–Crippen LogP) is 3.29. The van der Waals surface area contributed by atoms with Gasteiger partial charge >= 0.3 is 0 Å². The number of nitrogens with one attached hydrogen (secondary N) is 1. The van der Waals surface area contributed by atoms with Crippen LogP contribution in [0.25, 0.3) is 0 Å². The van der Waals surface area contributed by atoms with Crippen LogP contribution in [0.4, 0.5) is 0 Å². The Labute approximate surface area is 119 Å². The topological polar surface area (TPSA) is 79.3 Å². The van der Waals surface area contributed by atoms with Crippen molar-refractivity contribution in [2.45, 2.75) is 37.2 Å². The average molecular weight is 280 g/mol. The van der Waals surface area contributed by atoms with Crippen molar-refractivity contribution in [2.75, 3.05) is 0 Å². The highest BCUT2D eigenvalue weighted by Crippen LogP contribution is 2.25. The molecule has 104 valence electrons. The molecule has 1 saturated carbocycles. The third-order valence-electron chi connectivity index (χ3n) is 2.56. The fourth-order valence-electron chi connectivity index (χ4n) is 1.43. The summed E-state index contributed by atoms with van der Waals surface area (Å²) in [6.07, 6.45) is 5.37. The lowest BCUT2D eigenvalue weighted by Crippen LogP contribution is -2.24. The van der Waals surface area contributed by atoms with Crippen LogP contribution in [0.5, 0.6) is 5.75 Å². The van der Waals surface area contributed by atoms with Crippen LogP contribution < -0.4 is 10.5 Å². The van der Waals surface area contributed by atoms with Crippen LogP contribution in [0.1, 0.15) is 26.2 Å². The number of thiol groups is 1. The van der Waals surface area contributed by atoms with Crippen molar-refractivity contribution in [3.63, 3.8) is 0 Å². The lowest BCUT2D eigenvalue weighted by molar-refractivity contribution is 0.120. The number of rotatable bonds is 3. The molecule has 0 heterocycles. The average Bonchev–Trinajstić information content (AvgIpc) is 2.25. The first-order valence-corrected chi connectivity index (χ1v) is 6.59. The zero-order chi connectivity index (χ0) is 14.3. The first kappa shape index (κ1) is 15.4. The number of nitrogens with two attached hydrogens (primary N) is 1. The molecule has 0 unspecified atom stereocenters. The minimum Gasteiger partial charge on any atom is -0.512 e. The number of aliphatic hydroxyl groups is 1. The molecule has 4 nitrogen and oxygen atoms in total. The zero-order valence-corrected chi connectivity index (χ0v) is 11.9. The van der Waals surface area contributed by atoms with Gasteiger partial charge in [0.2, 0.25) is 0 Å². The summed E-state index contributed by atoms with van der Waals surface area (Å²) in [7, 11) is 0. The van der Waals surface area contributed by atoms with E-state index in [1.54, 1.807) is 0 Å². The summed E-state index contributed by atoms with van der Waals surface area (Å²) in [5.74, 6) is 0.907. The predicted molar refractivity (Wildman–Crippen MR) is 80.3 cm³/mol. The van der Waals surface area contributed by atoms with Gasteiger partial charge in [-0.2, -0.15) is 0 Å². The third kappa shape index (κ3) is 6.76. The summed E-state index contributed by atoms with van der Waals surface area (Å²) < 4.78 is 5.67. The van der Waals surface area contributed by atoms with E-state index in [2.05, 4.69) is 12.6 Å². The lowest BCUT2D eigenvalue weighted by Gasteiger charge is -2.26. The fourth-order valence-corrected chi connectivity index (χ4v) is 1.58. The van der Waals surface area contributed by atoms with Crippen LogP contribution in [-0.2, 0) is 0 Å². The van der Waals surface area contributed by atoms with Crippen LogP contribution in [0.2, 0.25) is 0 Å². The third-order valence-corrected chi connectivity index (χ3v) is 2.85. The summed E-state index contributed by atoms with van der Waals surface area (Å²) in [5.41, 5.74) is 4.84. The number of allylic oxidation sites excluding steroid dienone is 1. The Morgan fingerprint density at radius 1 is 1.42 bits per heavy atom. The maximum absolute atomic E-state index is 8.36. The molecule has 0 spiro atoms. The molecule has 0 atom stereocenters. The van der Waals surface area contributed by atoms with Gasteiger partial charge in [0.05, 0.1) is 11.9 Å². The monoisotopic (exact) mass is 280 g/mol. The van der Waals surface area contributed by atoms with E-state index in [1.165, 1.54) is 32.3 Å². The second-order valence-corrected chi connectivity index (χ2v) is 4.92. The van der Waals surface area contributed by atoms with Crippen molar-refractivity contribution in [3.05, 3.63) is 36.1 Å². The molecule has 1 aromatic carbocycles. The van der Waals surface area contributed by atoms with E-state index in [9.17, 15) is 0 Å². The molecule has 0 bridgehead atoms. The first-order chi connectivity index (χ1) is 8.97. The Bertz CT molecular complexity index is 435. The molecule has 1 aliphatic carbocycles. The van der Waals surface area contributed by atoms with E-state index < -0.39 is 0 Å². The normalized spacial score (nSPS) is 14.9. The van der Waals surface area contributed by atoms with Crippen LogP contribution >= 0.6 is 12.6 Å². The van der Waals surface area contributed by atoms with Crippen molar-refractivity contribution in [1.82, 2.24) is 0 Å². The van der Waals surface area contributed by atoms with Gasteiger partial charge < -0.3 is 15.6 Å². The van der Waals surface area contributed by atoms with Gasteiger partial charge in [0.25, 0.3) is 0 Å². The molecule has 19 heavy (non-hydrogen) atoms. The molecular formula is C14H20N2O2S. The molecule has 0 amide bonds. The van der Waals surface area contributed by atoms with Crippen LogP contribution in [-0.4, -0.2) is 17.0 Å². The molecule has 0 aliphatic heterocycles. The number of hydrogen-bond acceptors (Lipinski definition) is 4. The van der Waals surface area contributed by atoms with E-state index in [4.69, 9.17) is 21.0 Å². The van der Waals surface area contributed by atoms with Gasteiger partial charge in [0.15, 0.2) is 0 Å². The fraction of sp³-hybridized carbons (Fsp3) is 0.357. The van der Waals surface area contributed by atoms with Gasteiger partial charge in [-0.05, 0) is 50.5 Å². The number of aliphatic hydroxyl groups excluding tert-OH is 1. The van der Waals surface area contributed by atoms with Gasteiger partial charge in [-0.1, -0.05) is 0 Å². The number of hydrogen-bond donors (Lipinski definition) is 4. The maximum atomic E-state index is 8.36. The molecule has 0 saturated heterocycles. The van der Waals surface area contributed by atoms with Gasteiger partial charge in [-0.15, -0.1) is 12.6 Å². The zero-order valence-electron chi connectivity index (χ0n) is 11.0. The lowest BCUT2D eigenvalue weighted by atomic mass is 9.96. The van der Waals surface area contributed by atoms with Crippen LogP contribution in [0.15, 0.2) is 41.0 Å². The van der Waals surface area contributed by atoms with Crippen molar-refractivity contribution < 1.29 is 9.84 Å². The summed E-state index contributed by atoms with van der Waals surface area (Å²) in [6, 6.07) is 7.86. The van der Waals surface area contributed by atoms with E-state index in [-0.39, 0.29) is 11.6 Å². The molecule has 1 aromatic rings. The summed E-state index contributed by atoms with van der Waals surface area (Å²) in [5, 5.41) is 14.9. The minimum absolute atomic E-state index is 0.0625. The largest absolute Gasteiger partial charge is 0.512 e. The minimum atomic E-state index is -0.125. The summed E-state index contributed by atoms with van der Waals surface area (Å²) in [4.78, 5) is 0.982. The number of ether oxygens (including phenoxy) is 1. The SMILES string of the molecule is C/C(O)=C/C(=N)N.Sc1ccc(OC2CCC2)cc1. The van der Waals surface area contributed by atoms with Crippen molar-refractivity contribution in [2.24, 2.45) is 5.73 Å². The number of amidine groups is 1. The molecule has 1 aliphatic rings. The van der Waals surface area contributed by atoms with Crippen molar-refractivity contribution in [1.29, 1.82) is 5.41 Å². The van der Waals surface area contributed by atoms with Gasteiger partial charge in [-0.25, -0.2) is 0 Å². The molecule has 0 radical (unpaired) electrons. The highest BCUT2D eigenvalue weighted by Gasteiger charge is 2.18. The van der Waals surface area contributed by atoms with Gasteiger partial charge in [-0.3, -0.25) is 5.41 Å². The smallest absolute Gasteiger partial charge is 0.119 e. The van der Waals surface area contributed by atoms with Crippen LogP contribution in [0.3, 0.4) is 0 Å². The molecule has 0 aromatic heterocycles. The second-order valence-electron chi connectivity index (χ2n) is 4.41. The standard InChI is InChI=1S/C10H12OS.C4H8N2O/c12-10-6-4-9(5-7-10)11-8-2-1-3-8;1-3(7)2-4(5)6/h4-8,12H,1-3H2;2,7H,1H3,(H3,5,6)/b;3-2-. The van der Waals surface area contributed by atoms with E-state index in [0.717, 1.165) is 10.6 Å². The van der Waals surface area contributed by atoms with Crippen LogP contribution in [0, 0.1) is 5.41 Å². The molecule has 2 rings (SSSR count). The molecule has 1 fully saturated rings. The molecule has 5 heteroatoms. The van der Waals surface area contributed by atoms with Gasteiger partial charge in [0, 0.05) is 11.0 Å². The quantitative estimate of drug-likeness (QED) is 0.297. The Kier molecular flexibility index (Phi) is 6.29. The first-order valence-electron chi connectivity index (χ1n) is 6.14.